The highest BCUT2D eigenvalue weighted by Gasteiger charge is 2.57. The number of rotatable bonds is 4. The van der Waals surface area contributed by atoms with Gasteiger partial charge in [-0.3, -0.25) is 15.0 Å². The van der Waals surface area contributed by atoms with E-state index < -0.39 is 47.2 Å². The van der Waals surface area contributed by atoms with Crippen LogP contribution in [-0.2, 0) is 14.3 Å². The van der Waals surface area contributed by atoms with Crippen LogP contribution < -0.4 is 5.32 Å². The summed E-state index contributed by atoms with van der Waals surface area (Å²) in [5, 5.41) is 25.0. The maximum absolute atomic E-state index is 12.2. The molecule has 0 saturated carbocycles. The molecule has 2 aliphatic rings. The van der Waals surface area contributed by atoms with Gasteiger partial charge < -0.3 is 19.7 Å². The van der Waals surface area contributed by atoms with Gasteiger partial charge in [0.2, 0.25) is 5.91 Å². The topological polar surface area (TPSA) is 157 Å². The summed E-state index contributed by atoms with van der Waals surface area (Å²) < 4.78 is 9.42. The van der Waals surface area contributed by atoms with Crippen molar-refractivity contribution in [1.82, 2.24) is 10.2 Å². The summed E-state index contributed by atoms with van der Waals surface area (Å²) in [6, 6.07) is -0.786. The highest BCUT2D eigenvalue weighted by Crippen LogP contribution is 2.39. The van der Waals surface area contributed by atoms with E-state index in [4.69, 9.17) is 15.0 Å². The first kappa shape index (κ1) is 17.9. The molecule has 0 aromatic heterocycles. The number of azide groups is 1. The Morgan fingerprint density at radius 2 is 2.30 bits per heavy atom. The zero-order valence-electron chi connectivity index (χ0n) is 12.3. The Hall–Kier alpha value is -1.43. The highest BCUT2D eigenvalue weighted by molar-refractivity contribution is 9.10. The average molecular weight is 394 g/mol. The molecule has 2 aliphatic heterocycles. The van der Waals surface area contributed by atoms with Gasteiger partial charge in [-0.2, -0.15) is 0 Å². The van der Waals surface area contributed by atoms with E-state index in [0.29, 0.717) is 0 Å². The van der Waals surface area contributed by atoms with Crippen molar-refractivity contribution >= 4 is 27.9 Å². The molecule has 0 aromatic carbocycles. The van der Waals surface area contributed by atoms with Gasteiger partial charge in [0.05, 0.1) is 6.61 Å². The molecular weight excluding hydrogens is 378 g/mol. The molecule has 3 amide bonds. The van der Waals surface area contributed by atoms with Crippen molar-refractivity contribution in [3.05, 3.63) is 10.4 Å². The zero-order valence-corrected chi connectivity index (χ0v) is 13.9. The lowest BCUT2D eigenvalue weighted by Crippen LogP contribution is -2.69. The van der Waals surface area contributed by atoms with E-state index in [-0.39, 0.29) is 6.42 Å². The third-order valence-corrected chi connectivity index (χ3v) is 4.60. The molecule has 2 saturated heterocycles. The third kappa shape index (κ3) is 2.89. The smallest absolute Gasteiger partial charge is 0.328 e. The van der Waals surface area contributed by atoms with Crippen molar-refractivity contribution in [2.75, 3.05) is 13.7 Å². The van der Waals surface area contributed by atoms with Gasteiger partial charge in [0.1, 0.15) is 16.7 Å². The minimum Gasteiger partial charge on any atom is -0.394 e. The van der Waals surface area contributed by atoms with Crippen molar-refractivity contribution in [2.45, 2.75) is 42.0 Å². The number of nitrogens with zero attached hydrogens (tertiary/aromatic N) is 4. The van der Waals surface area contributed by atoms with Gasteiger partial charge in [-0.1, -0.05) is 21.0 Å². The summed E-state index contributed by atoms with van der Waals surface area (Å²) in [7, 11) is 1.31. The second-order valence-corrected chi connectivity index (χ2v) is 7.01. The van der Waals surface area contributed by atoms with Crippen molar-refractivity contribution in [3.8, 4) is 0 Å². The zero-order chi connectivity index (χ0) is 17.4. The Morgan fingerprint density at radius 3 is 2.83 bits per heavy atom. The average Bonchev–Trinajstić information content (AvgIpc) is 2.79. The van der Waals surface area contributed by atoms with Crippen molar-refractivity contribution < 1.29 is 29.3 Å². The first-order valence-electron chi connectivity index (χ1n) is 6.61. The SMILES string of the molecule is COC1N([C@H]2C[C@@](O)(N=[N+]=[N-])[C@@H](CO)O2)C(=O)NC(=O)C1(C)Br. The fraction of sp³-hybridized carbons (Fsp3) is 0.818. The number of nitrogens with one attached hydrogen (secondary N) is 1. The molecule has 128 valence electrons. The van der Waals surface area contributed by atoms with Gasteiger partial charge in [-0.15, -0.1) is 0 Å². The van der Waals surface area contributed by atoms with Crippen LogP contribution in [0.15, 0.2) is 5.11 Å². The van der Waals surface area contributed by atoms with Crippen LogP contribution in [0.25, 0.3) is 10.4 Å². The van der Waals surface area contributed by atoms with Gasteiger partial charge >= 0.3 is 6.03 Å². The number of hydrogen-bond acceptors (Lipinski definition) is 7. The molecule has 3 N–H and O–H groups in total. The number of imide groups is 1. The number of aliphatic hydroxyl groups excluding tert-OH is 1. The molecule has 0 aromatic rings. The standard InChI is InChI=1S/C11H16BrN5O6/c1-10(12)7(19)14-9(20)17(8(10)22-2)6-3-11(21,15-16-13)5(4-18)23-6/h5-6,8,18,21H,3-4H2,1-2H3,(H,14,19,20)/t5-,6-,8?,10?,11+/m1/s1. The van der Waals surface area contributed by atoms with Crippen molar-refractivity contribution in [1.29, 1.82) is 0 Å². The number of halogens is 1. The van der Waals surface area contributed by atoms with Crippen LogP contribution in [0.1, 0.15) is 13.3 Å². The Morgan fingerprint density at radius 1 is 1.65 bits per heavy atom. The number of alkyl halides is 1. The minimum absolute atomic E-state index is 0.285. The molecule has 11 nitrogen and oxygen atoms in total. The second kappa shape index (κ2) is 6.23. The number of amides is 3. The van der Waals surface area contributed by atoms with E-state index >= 15 is 0 Å². The number of methoxy groups -OCH3 is 1. The number of urea groups is 1. The molecule has 0 spiro atoms. The van der Waals surface area contributed by atoms with Crippen LogP contribution in [0.4, 0.5) is 4.79 Å². The summed E-state index contributed by atoms with van der Waals surface area (Å²) >= 11 is 3.21. The number of carbonyl (C=O) groups is 2. The molecule has 0 bridgehead atoms. The van der Waals surface area contributed by atoms with E-state index in [1.165, 1.54) is 14.0 Å². The maximum atomic E-state index is 12.2. The van der Waals surface area contributed by atoms with E-state index in [0.717, 1.165) is 4.90 Å². The lowest BCUT2D eigenvalue weighted by atomic mass is 10.0. The lowest BCUT2D eigenvalue weighted by Gasteiger charge is -2.44. The normalized spacial score (nSPS) is 40.7. The number of ether oxygens (including phenoxy) is 2. The summed E-state index contributed by atoms with van der Waals surface area (Å²) in [6.07, 6.45) is -3.61. The molecule has 2 fully saturated rings. The quantitative estimate of drug-likeness (QED) is 0.259. The summed E-state index contributed by atoms with van der Waals surface area (Å²) in [6.45, 7) is 0.887. The van der Waals surface area contributed by atoms with Gasteiger partial charge in [-0.05, 0) is 12.5 Å². The number of hydrogen-bond donors (Lipinski definition) is 3. The van der Waals surface area contributed by atoms with Crippen molar-refractivity contribution in [2.24, 2.45) is 5.11 Å². The predicted molar refractivity (Wildman–Crippen MR) is 78.0 cm³/mol. The summed E-state index contributed by atoms with van der Waals surface area (Å²) in [4.78, 5) is 27.7. The fourth-order valence-electron chi connectivity index (χ4n) is 2.65. The van der Waals surface area contributed by atoms with Gasteiger partial charge in [0, 0.05) is 18.4 Å². The lowest BCUT2D eigenvalue weighted by molar-refractivity contribution is -0.155. The Balaban J connectivity index is 2.35. The molecule has 2 rings (SSSR count). The molecule has 5 atom stereocenters. The second-order valence-electron chi connectivity index (χ2n) is 5.36. The molecule has 0 aliphatic carbocycles. The van der Waals surface area contributed by atoms with Crippen molar-refractivity contribution in [3.63, 3.8) is 0 Å². The summed E-state index contributed by atoms with van der Waals surface area (Å²) in [5.41, 5.74) is 6.54. The first-order chi connectivity index (χ1) is 10.7. The Labute approximate surface area is 139 Å². The van der Waals surface area contributed by atoms with Crippen LogP contribution >= 0.6 is 15.9 Å². The van der Waals surface area contributed by atoms with Crippen LogP contribution in [0.2, 0.25) is 0 Å². The summed E-state index contributed by atoms with van der Waals surface area (Å²) in [5.74, 6) is -0.590. The molecular formula is C11H16BrN5O6. The highest BCUT2D eigenvalue weighted by atomic mass is 79.9. The van der Waals surface area contributed by atoms with E-state index in [1.54, 1.807) is 0 Å². The molecule has 12 heteroatoms. The molecule has 2 heterocycles. The van der Waals surface area contributed by atoms with Crippen LogP contribution in [0.5, 0.6) is 0 Å². The van der Waals surface area contributed by atoms with Crippen LogP contribution in [0, 0.1) is 0 Å². The monoisotopic (exact) mass is 393 g/mol. The van der Waals surface area contributed by atoms with Crippen LogP contribution in [-0.4, -0.2) is 69.4 Å². The molecule has 0 radical (unpaired) electrons. The van der Waals surface area contributed by atoms with Gasteiger partial charge in [0.25, 0.3) is 0 Å². The molecule has 23 heavy (non-hydrogen) atoms. The van der Waals surface area contributed by atoms with E-state index in [2.05, 4.69) is 31.3 Å². The predicted octanol–water partition coefficient (Wildman–Crippen LogP) is -0.229. The van der Waals surface area contributed by atoms with E-state index in [1.807, 2.05) is 0 Å². The first-order valence-corrected chi connectivity index (χ1v) is 7.41. The Kier molecular flexibility index (Phi) is 4.85. The fourth-order valence-corrected chi connectivity index (χ4v) is 3.16. The molecule has 2 unspecified atom stereocenters. The largest absolute Gasteiger partial charge is 0.394 e. The number of aliphatic hydroxyl groups is 2. The minimum atomic E-state index is -2.02. The van der Waals surface area contributed by atoms with Crippen LogP contribution in [0.3, 0.4) is 0 Å². The van der Waals surface area contributed by atoms with Gasteiger partial charge in [0.15, 0.2) is 12.0 Å². The Bertz CT molecular complexity index is 567. The van der Waals surface area contributed by atoms with E-state index in [9.17, 15) is 19.8 Å². The van der Waals surface area contributed by atoms with Gasteiger partial charge in [-0.25, -0.2) is 4.79 Å². The number of carbonyl (C=O) groups excluding carboxylic acids is 2. The third-order valence-electron chi connectivity index (χ3n) is 3.84. The maximum Gasteiger partial charge on any atom is 0.328 e.